The van der Waals surface area contributed by atoms with Crippen LogP contribution in [0.2, 0.25) is 0 Å². The van der Waals surface area contributed by atoms with Crippen molar-refractivity contribution in [2.24, 2.45) is 11.3 Å². The normalized spacial score (nSPS) is 24.4. The zero-order chi connectivity index (χ0) is 24.6. The lowest BCUT2D eigenvalue weighted by molar-refractivity contribution is -0.137. The summed E-state index contributed by atoms with van der Waals surface area (Å²) in [7, 11) is 4.17. The van der Waals surface area contributed by atoms with Crippen LogP contribution in [0.5, 0.6) is 5.75 Å². The Bertz CT molecular complexity index is 825. The molecule has 0 heterocycles. The topological polar surface area (TPSA) is 67.9 Å². The van der Waals surface area contributed by atoms with Crippen LogP contribution in [-0.2, 0) is 14.4 Å². The maximum absolute atomic E-state index is 13.0. The molecule has 0 bridgehead atoms. The number of hydrogen-bond acceptors (Lipinski definition) is 5. The Morgan fingerprint density at radius 2 is 1.85 bits per heavy atom. The lowest BCUT2D eigenvalue weighted by Crippen LogP contribution is -2.41. The first-order valence-corrected chi connectivity index (χ1v) is 13.2. The summed E-state index contributed by atoms with van der Waals surface area (Å²) in [5.74, 6) is 0.631. The Labute approximate surface area is 209 Å². The van der Waals surface area contributed by atoms with Gasteiger partial charge in [-0.05, 0) is 75.7 Å². The van der Waals surface area contributed by atoms with Crippen molar-refractivity contribution in [3.05, 3.63) is 29.8 Å². The fraction of sp³-hybridized carbons (Fsp3) is 0.704. The molecule has 1 N–H and O–H groups in total. The van der Waals surface area contributed by atoms with Gasteiger partial charge in [-0.1, -0.05) is 44.2 Å². The molecule has 2 aliphatic carbocycles. The summed E-state index contributed by atoms with van der Waals surface area (Å²) in [6, 6.07) is 7.77. The van der Waals surface area contributed by atoms with Gasteiger partial charge in [0.1, 0.15) is 5.75 Å². The van der Waals surface area contributed by atoms with E-state index in [1.54, 1.807) is 6.92 Å². The Morgan fingerprint density at radius 1 is 1.12 bits per heavy atom. The zero-order valence-electron chi connectivity index (χ0n) is 21.0. The number of hydrogen-bond donors (Lipinski definition) is 1. The molecular formula is C27H41ClN2O4. The second-order valence-corrected chi connectivity index (χ2v) is 11.1. The zero-order valence-corrected chi connectivity index (χ0v) is 21.8. The Hall–Kier alpha value is -1.79. The van der Waals surface area contributed by atoms with Gasteiger partial charge in [-0.3, -0.25) is 4.79 Å². The fourth-order valence-electron chi connectivity index (χ4n) is 5.71. The molecule has 0 radical (unpaired) electrons. The van der Waals surface area contributed by atoms with E-state index in [-0.39, 0.29) is 17.8 Å². The standard InChI is InChI=1S/C27H41ClN2O4/c1-4-33-25(32)29-20-26(14-7-5-8-15-26)18-24(31)34-23-13-10-12-21(17-23)27(28)16-9-6-11-22(27)19-30(2)3/h10,12-13,17,22H,4-9,11,14-16,18-20H2,1-3H3,(H,29,32)/t22?,27-/m0/s1. The number of nitrogens with zero attached hydrogens (tertiary/aromatic N) is 1. The molecule has 1 aromatic rings. The van der Waals surface area contributed by atoms with Crippen LogP contribution in [0.25, 0.3) is 0 Å². The summed E-state index contributed by atoms with van der Waals surface area (Å²) in [6.07, 6.45) is 9.22. The average Bonchev–Trinajstić information content (AvgIpc) is 2.80. The molecule has 2 fully saturated rings. The summed E-state index contributed by atoms with van der Waals surface area (Å²) in [6.45, 7) is 3.47. The van der Waals surface area contributed by atoms with Gasteiger partial charge in [-0.15, -0.1) is 11.6 Å². The van der Waals surface area contributed by atoms with Crippen LogP contribution >= 0.6 is 11.6 Å². The molecule has 6 nitrogen and oxygen atoms in total. The van der Waals surface area contributed by atoms with Crippen molar-refractivity contribution in [3.8, 4) is 5.75 Å². The molecule has 2 atom stereocenters. The molecule has 0 spiro atoms. The molecule has 1 aromatic carbocycles. The summed E-state index contributed by atoms with van der Waals surface area (Å²) in [5, 5.41) is 2.85. The number of halogens is 1. The second kappa shape index (κ2) is 12.3. The summed E-state index contributed by atoms with van der Waals surface area (Å²) >= 11 is 7.27. The SMILES string of the molecule is CCOC(=O)NCC1(CC(=O)Oc2cccc([C@@]3(Cl)CCCCC3CN(C)C)c2)CCCCC1. The predicted molar refractivity (Wildman–Crippen MR) is 135 cm³/mol. The van der Waals surface area contributed by atoms with Gasteiger partial charge in [-0.25, -0.2) is 4.79 Å². The first kappa shape index (κ1) is 26.8. The van der Waals surface area contributed by atoms with E-state index in [1.165, 1.54) is 6.42 Å². The quantitative estimate of drug-likeness (QED) is 0.265. The largest absolute Gasteiger partial charge is 0.450 e. The van der Waals surface area contributed by atoms with Crippen molar-refractivity contribution in [2.45, 2.75) is 76.0 Å². The molecular weight excluding hydrogens is 452 g/mol. The molecule has 1 amide bonds. The van der Waals surface area contributed by atoms with Crippen LogP contribution in [-0.4, -0.2) is 50.8 Å². The van der Waals surface area contributed by atoms with Crippen molar-refractivity contribution < 1.29 is 19.1 Å². The fourth-order valence-corrected chi connectivity index (χ4v) is 6.14. The molecule has 1 unspecified atom stereocenters. The number of amides is 1. The third kappa shape index (κ3) is 7.11. The van der Waals surface area contributed by atoms with Crippen molar-refractivity contribution in [1.82, 2.24) is 10.2 Å². The summed E-state index contributed by atoms with van der Waals surface area (Å²) in [5.41, 5.74) is 0.746. The first-order chi connectivity index (χ1) is 16.3. The van der Waals surface area contributed by atoms with Gasteiger partial charge in [-0.2, -0.15) is 0 Å². The van der Waals surface area contributed by atoms with Crippen molar-refractivity contribution >= 4 is 23.7 Å². The molecule has 190 valence electrons. The highest BCUT2D eigenvalue weighted by molar-refractivity contribution is 6.24. The highest BCUT2D eigenvalue weighted by atomic mass is 35.5. The van der Waals surface area contributed by atoms with E-state index in [2.05, 4.69) is 30.4 Å². The molecule has 2 saturated carbocycles. The number of alkyl halides is 1. The number of carbonyl (C=O) groups excluding carboxylic acids is 2. The smallest absolute Gasteiger partial charge is 0.407 e. The predicted octanol–water partition coefficient (Wildman–Crippen LogP) is 5.86. The minimum absolute atomic E-state index is 0.262. The molecule has 34 heavy (non-hydrogen) atoms. The third-order valence-electron chi connectivity index (χ3n) is 7.44. The number of esters is 1. The maximum atomic E-state index is 13.0. The van der Waals surface area contributed by atoms with Crippen LogP contribution in [0.3, 0.4) is 0 Å². The summed E-state index contributed by atoms with van der Waals surface area (Å²) in [4.78, 5) is 26.6. The van der Waals surface area contributed by atoms with Gasteiger partial charge in [0.2, 0.25) is 0 Å². The highest BCUT2D eigenvalue weighted by Crippen LogP contribution is 2.48. The van der Waals surface area contributed by atoms with Crippen LogP contribution in [0, 0.1) is 11.3 Å². The summed E-state index contributed by atoms with van der Waals surface area (Å²) < 4.78 is 10.8. The van der Waals surface area contributed by atoms with Crippen LogP contribution in [0.15, 0.2) is 24.3 Å². The van der Waals surface area contributed by atoms with Crippen molar-refractivity contribution in [1.29, 1.82) is 0 Å². The lowest BCUT2D eigenvalue weighted by atomic mass is 9.71. The minimum atomic E-state index is -0.445. The van der Waals surface area contributed by atoms with Crippen molar-refractivity contribution in [2.75, 3.05) is 33.8 Å². The average molecular weight is 493 g/mol. The van der Waals surface area contributed by atoms with E-state index in [1.807, 2.05) is 18.2 Å². The number of ether oxygens (including phenoxy) is 2. The number of rotatable bonds is 9. The monoisotopic (exact) mass is 492 g/mol. The number of alkyl carbamates (subject to hydrolysis) is 1. The van der Waals surface area contributed by atoms with Crippen LogP contribution in [0.1, 0.15) is 76.7 Å². The molecule has 3 rings (SSSR count). The number of nitrogens with one attached hydrogen (secondary N) is 1. The van der Waals surface area contributed by atoms with E-state index in [9.17, 15) is 9.59 Å². The van der Waals surface area contributed by atoms with Gasteiger partial charge in [0.05, 0.1) is 17.9 Å². The van der Waals surface area contributed by atoms with Crippen LogP contribution in [0.4, 0.5) is 4.79 Å². The Morgan fingerprint density at radius 3 is 2.56 bits per heavy atom. The van der Waals surface area contributed by atoms with E-state index in [4.69, 9.17) is 21.1 Å². The minimum Gasteiger partial charge on any atom is -0.450 e. The molecule has 0 saturated heterocycles. The molecule has 2 aliphatic rings. The molecule has 0 aromatic heterocycles. The van der Waals surface area contributed by atoms with Gasteiger partial charge >= 0.3 is 12.1 Å². The Balaban J connectivity index is 1.69. The second-order valence-electron chi connectivity index (χ2n) is 10.4. The highest BCUT2D eigenvalue weighted by Gasteiger charge is 2.41. The number of carbonyl (C=O) groups is 2. The lowest BCUT2D eigenvalue weighted by Gasteiger charge is -2.41. The van der Waals surface area contributed by atoms with Gasteiger partial charge in [0.25, 0.3) is 0 Å². The van der Waals surface area contributed by atoms with E-state index in [0.717, 1.165) is 63.5 Å². The van der Waals surface area contributed by atoms with Crippen molar-refractivity contribution in [3.63, 3.8) is 0 Å². The number of benzene rings is 1. The van der Waals surface area contributed by atoms with Gasteiger partial charge < -0.3 is 19.7 Å². The molecule has 0 aliphatic heterocycles. The molecule has 7 heteroatoms. The van der Waals surface area contributed by atoms with Gasteiger partial charge in [0, 0.05) is 13.1 Å². The maximum Gasteiger partial charge on any atom is 0.407 e. The van der Waals surface area contributed by atoms with Gasteiger partial charge in [0.15, 0.2) is 0 Å². The van der Waals surface area contributed by atoms with Crippen LogP contribution < -0.4 is 10.1 Å². The van der Waals surface area contributed by atoms with E-state index >= 15 is 0 Å². The first-order valence-electron chi connectivity index (χ1n) is 12.8. The van der Waals surface area contributed by atoms with E-state index in [0.29, 0.717) is 24.8 Å². The Kier molecular flexibility index (Phi) is 9.66. The van der Waals surface area contributed by atoms with E-state index < -0.39 is 11.0 Å². The third-order valence-corrected chi connectivity index (χ3v) is 8.15.